The highest BCUT2D eigenvalue weighted by molar-refractivity contribution is 9.10. The fourth-order valence-electron chi connectivity index (χ4n) is 0.893. The Labute approximate surface area is 61.4 Å². The maximum absolute atomic E-state index is 4.83. The number of halogens is 1. The van der Waals surface area contributed by atoms with Gasteiger partial charge in [0.25, 0.3) is 0 Å². The van der Waals surface area contributed by atoms with Gasteiger partial charge in [0.1, 0.15) is 0 Å². The van der Waals surface area contributed by atoms with Crippen molar-refractivity contribution in [2.75, 3.05) is 0 Å². The molecule has 9 heavy (non-hydrogen) atoms. The Bertz CT molecular complexity index is 217. The van der Waals surface area contributed by atoms with Crippen LogP contribution in [-0.2, 0) is 0 Å². The third-order valence-corrected chi connectivity index (χ3v) is 2.17. The van der Waals surface area contributed by atoms with Crippen LogP contribution in [0, 0.1) is 0 Å². The lowest BCUT2D eigenvalue weighted by Crippen LogP contribution is -1.71. The highest BCUT2D eigenvalue weighted by Gasteiger charge is 2.27. The van der Waals surface area contributed by atoms with Crippen molar-refractivity contribution in [2.24, 2.45) is 0 Å². The van der Waals surface area contributed by atoms with Gasteiger partial charge in [-0.25, -0.2) is 0 Å². The summed E-state index contributed by atoms with van der Waals surface area (Å²) < 4.78 is 5.64. The molecule has 0 aromatic carbocycles. The summed E-state index contributed by atoms with van der Waals surface area (Å²) in [5.41, 5.74) is 1.23. The minimum absolute atomic E-state index is 0.727. The normalized spacial score (nSPS) is 18.3. The van der Waals surface area contributed by atoms with Crippen molar-refractivity contribution in [3.05, 3.63) is 16.4 Å². The maximum atomic E-state index is 4.83. The summed E-state index contributed by atoms with van der Waals surface area (Å²) in [5.74, 6) is 0.727. The molecule has 1 aromatic rings. The van der Waals surface area contributed by atoms with Crippen LogP contribution < -0.4 is 0 Å². The summed E-state index contributed by atoms with van der Waals surface area (Å²) in [6, 6.07) is 0. The molecule has 3 heteroatoms. The molecule has 0 unspecified atom stereocenters. The SMILES string of the molecule is Brc1oncc1C1CC1. The second-order valence-electron chi connectivity index (χ2n) is 2.33. The van der Waals surface area contributed by atoms with Gasteiger partial charge in [-0.05, 0) is 34.7 Å². The molecule has 48 valence electrons. The van der Waals surface area contributed by atoms with Crippen molar-refractivity contribution in [1.29, 1.82) is 0 Å². The average Bonchev–Trinajstić information content (AvgIpc) is 2.58. The standard InChI is InChI=1S/C6H6BrNO/c7-6-5(3-8-9-6)4-1-2-4/h3-4H,1-2H2. The first-order valence-corrected chi connectivity index (χ1v) is 3.77. The maximum Gasteiger partial charge on any atom is 0.205 e. The molecule has 0 saturated heterocycles. The highest BCUT2D eigenvalue weighted by Crippen LogP contribution is 2.42. The van der Waals surface area contributed by atoms with E-state index in [4.69, 9.17) is 4.52 Å². The zero-order valence-corrected chi connectivity index (χ0v) is 6.39. The van der Waals surface area contributed by atoms with Crippen molar-refractivity contribution in [2.45, 2.75) is 18.8 Å². The summed E-state index contributed by atoms with van der Waals surface area (Å²) in [5, 5.41) is 3.66. The molecule has 2 nitrogen and oxygen atoms in total. The van der Waals surface area contributed by atoms with Crippen molar-refractivity contribution in [1.82, 2.24) is 5.16 Å². The molecule has 0 atom stereocenters. The molecule has 1 saturated carbocycles. The van der Waals surface area contributed by atoms with Crippen molar-refractivity contribution in [3.63, 3.8) is 0 Å². The van der Waals surface area contributed by atoms with Gasteiger partial charge in [0.05, 0.1) is 6.20 Å². The first kappa shape index (κ1) is 5.47. The summed E-state index contributed by atoms with van der Waals surface area (Å²) >= 11 is 3.28. The van der Waals surface area contributed by atoms with Gasteiger partial charge in [0.2, 0.25) is 4.67 Å². The molecule has 0 aliphatic heterocycles. The van der Waals surface area contributed by atoms with Gasteiger partial charge in [0.15, 0.2) is 0 Å². The second-order valence-corrected chi connectivity index (χ2v) is 3.05. The Morgan fingerprint density at radius 3 is 2.89 bits per heavy atom. The Morgan fingerprint density at radius 1 is 1.67 bits per heavy atom. The van der Waals surface area contributed by atoms with Crippen LogP contribution in [0.1, 0.15) is 24.3 Å². The first-order chi connectivity index (χ1) is 4.38. The molecule has 0 bridgehead atoms. The van der Waals surface area contributed by atoms with E-state index in [-0.39, 0.29) is 0 Å². The minimum Gasteiger partial charge on any atom is -0.349 e. The molecule has 0 amide bonds. The van der Waals surface area contributed by atoms with Crippen molar-refractivity contribution < 1.29 is 4.52 Å². The summed E-state index contributed by atoms with van der Waals surface area (Å²) in [6.07, 6.45) is 4.38. The van der Waals surface area contributed by atoms with Crippen LogP contribution in [0.5, 0.6) is 0 Å². The van der Waals surface area contributed by atoms with E-state index in [2.05, 4.69) is 21.1 Å². The van der Waals surface area contributed by atoms with Crippen LogP contribution in [0.25, 0.3) is 0 Å². The Morgan fingerprint density at radius 2 is 2.44 bits per heavy atom. The van der Waals surface area contributed by atoms with Gasteiger partial charge in [-0.3, -0.25) is 0 Å². The predicted octanol–water partition coefficient (Wildman–Crippen LogP) is 2.31. The van der Waals surface area contributed by atoms with Crippen LogP contribution in [-0.4, -0.2) is 5.16 Å². The molecule has 1 aliphatic rings. The van der Waals surface area contributed by atoms with E-state index in [0.29, 0.717) is 0 Å². The monoisotopic (exact) mass is 187 g/mol. The molecule has 1 fully saturated rings. The van der Waals surface area contributed by atoms with Crippen molar-refractivity contribution >= 4 is 15.9 Å². The molecule has 1 aromatic heterocycles. The van der Waals surface area contributed by atoms with Crippen LogP contribution >= 0.6 is 15.9 Å². The third-order valence-electron chi connectivity index (χ3n) is 1.57. The lowest BCUT2D eigenvalue weighted by molar-refractivity contribution is 0.399. The number of nitrogens with zero attached hydrogens (tertiary/aromatic N) is 1. The zero-order chi connectivity index (χ0) is 6.27. The van der Waals surface area contributed by atoms with E-state index in [0.717, 1.165) is 10.6 Å². The van der Waals surface area contributed by atoms with Crippen LogP contribution in [0.3, 0.4) is 0 Å². The van der Waals surface area contributed by atoms with Gasteiger partial charge in [-0.15, -0.1) is 0 Å². The van der Waals surface area contributed by atoms with E-state index < -0.39 is 0 Å². The summed E-state index contributed by atoms with van der Waals surface area (Å²) in [4.78, 5) is 0. The van der Waals surface area contributed by atoms with E-state index in [1.807, 2.05) is 0 Å². The van der Waals surface area contributed by atoms with Gasteiger partial charge in [0, 0.05) is 5.56 Å². The quantitative estimate of drug-likeness (QED) is 0.675. The molecule has 0 spiro atoms. The molecule has 0 radical (unpaired) electrons. The Kier molecular flexibility index (Phi) is 1.12. The number of hydrogen-bond acceptors (Lipinski definition) is 2. The fraction of sp³-hybridized carbons (Fsp3) is 0.500. The zero-order valence-electron chi connectivity index (χ0n) is 4.80. The summed E-state index contributed by atoms with van der Waals surface area (Å²) in [6.45, 7) is 0. The first-order valence-electron chi connectivity index (χ1n) is 2.98. The van der Waals surface area contributed by atoms with Crippen LogP contribution in [0.2, 0.25) is 0 Å². The Hall–Kier alpha value is -0.310. The second kappa shape index (κ2) is 1.84. The minimum atomic E-state index is 0.727. The Balaban J connectivity index is 2.35. The lowest BCUT2D eigenvalue weighted by atomic mass is 10.2. The molecule has 0 N–H and O–H groups in total. The smallest absolute Gasteiger partial charge is 0.205 e. The van der Waals surface area contributed by atoms with Crippen LogP contribution in [0.15, 0.2) is 15.4 Å². The lowest BCUT2D eigenvalue weighted by Gasteiger charge is -1.84. The van der Waals surface area contributed by atoms with E-state index in [1.165, 1.54) is 18.4 Å². The largest absolute Gasteiger partial charge is 0.349 e. The average molecular weight is 188 g/mol. The van der Waals surface area contributed by atoms with Gasteiger partial charge < -0.3 is 4.52 Å². The molecular formula is C6H6BrNO. The fourth-order valence-corrected chi connectivity index (χ4v) is 1.40. The molecule has 1 heterocycles. The topological polar surface area (TPSA) is 26.0 Å². The molecule has 2 rings (SSSR count). The van der Waals surface area contributed by atoms with Crippen molar-refractivity contribution in [3.8, 4) is 0 Å². The van der Waals surface area contributed by atoms with Gasteiger partial charge in [-0.1, -0.05) is 5.16 Å². The number of hydrogen-bond donors (Lipinski definition) is 0. The third kappa shape index (κ3) is 0.894. The highest BCUT2D eigenvalue weighted by atomic mass is 79.9. The van der Waals surface area contributed by atoms with E-state index in [1.54, 1.807) is 6.20 Å². The molecular weight excluding hydrogens is 182 g/mol. The number of rotatable bonds is 1. The predicted molar refractivity (Wildman–Crippen MR) is 36.2 cm³/mol. The number of aromatic nitrogens is 1. The molecule has 1 aliphatic carbocycles. The van der Waals surface area contributed by atoms with Gasteiger partial charge in [-0.2, -0.15) is 0 Å². The van der Waals surface area contributed by atoms with E-state index in [9.17, 15) is 0 Å². The van der Waals surface area contributed by atoms with Gasteiger partial charge >= 0.3 is 0 Å². The van der Waals surface area contributed by atoms with E-state index >= 15 is 0 Å². The summed E-state index contributed by atoms with van der Waals surface area (Å²) in [7, 11) is 0. The van der Waals surface area contributed by atoms with Crippen LogP contribution in [0.4, 0.5) is 0 Å².